The lowest BCUT2D eigenvalue weighted by atomic mass is 10.1. The van der Waals surface area contributed by atoms with Crippen molar-refractivity contribution in [2.45, 2.75) is 0 Å². The monoisotopic (exact) mass is 491 g/mol. The number of carbonyl (C=O) groups excluding carboxylic acids is 1. The SMILES string of the molecule is COc1cccc(/C=C/C(=O)Nc2c(/C=C/c3cc(OC)c(OC)c(OC)c3)ccc(OC)c2O)c1. The number of anilines is 1. The quantitative estimate of drug-likeness (QED) is 0.227. The summed E-state index contributed by atoms with van der Waals surface area (Å²) in [6, 6.07) is 14.2. The van der Waals surface area contributed by atoms with Crippen molar-refractivity contribution in [2.75, 3.05) is 40.9 Å². The van der Waals surface area contributed by atoms with E-state index in [2.05, 4.69) is 5.32 Å². The third kappa shape index (κ3) is 6.09. The highest BCUT2D eigenvalue weighted by atomic mass is 16.5. The van der Waals surface area contributed by atoms with E-state index in [-0.39, 0.29) is 17.2 Å². The molecule has 0 radical (unpaired) electrons. The summed E-state index contributed by atoms with van der Waals surface area (Å²) in [7, 11) is 7.63. The van der Waals surface area contributed by atoms with Gasteiger partial charge in [0.1, 0.15) is 5.75 Å². The predicted molar refractivity (Wildman–Crippen MR) is 140 cm³/mol. The topological polar surface area (TPSA) is 95.5 Å². The molecule has 0 spiro atoms. The number of phenols is 1. The molecule has 0 aliphatic rings. The second-order valence-electron chi connectivity index (χ2n) is 7.47. The van der Waals surface area contributed by atoms with Crippen molar-refractivity contribution in [2.24, 2.45) is 0 Å². The van der Waals surface area contributed by atoms with Gasteiger partial charge in [-0.3, -0.25) is 4.79 Å². The van der Waals surface area contributed by atoms with Crippen LogP contribution in [0.3, 0.4) is 0 Å². The Morgan fingerprint density at radius 1 is 0.750 bits per heavy atom. The van der Waals surface area contributed by atoms with Crippen LogP contribution in [-0.2, 0) is 4.79 Å². The van der Waals surface area contributed by atoms with E-state index >= 15 is 0 Å². The Hall–Kier alpha value is -4.59. The first-order valence-electron chi connectivity index (χ1n) is 10.9. The third-order valence-corrected chi connectivity index (χ3v) is 5.30. The minimum atomic E-state index is -0.427. The fourth-order valence-corrected chi connectivity index (χ4v) is 3.49. The van der Waals surface area contributed by atoms with Crippen molar-refractivity contribution < 1.29 is 33.6 Å². The maximum Gasteiger partial charge on any atom is 0.248 e. The minimum Gasteiger partial charge on any atom is -0.503 e. The molecule has 0 aromatic heterocycles. The van der Waals surface area contributed by atoms with Gasteiger partial charge in [-0.2, -0.15) is 0 Å². The Bertz CT molecular complexity index is 1260. The fourth-order valence-electron chi connectivity index (χ4n) is 3.49. The number of hydrogen-bond acceptors (Lipinski definition) is 7. The zero-order valence-corrected chi connectivity index (χ0v) is 20.8. The van der Waals surface area contributed by atoms with Crippen LogP contribution in [0.1, 0.15) is 16.7 Å². The first-order chi connectivity index (χ1) is 17.4. The van der Waals surface area contributed by atoms with Crippen molar-refractivity contribution in [1.29, 1.82) is 0 Å². The molecule has 8 nitrogen and oxygen atoms in total. The van der Waals surface area contributed by atoms with E-state index in [1.165, 1.54) is 20.3 Å². The van der Waals surface area contributed by atoms with Gasteiger partial charge in [0.2, 0.25) is 11.7 Å². The Morgan fingerprint density at radius 2 is 1.44 bits per heavy atom. The molecule has 1 amide bonds. The van der Waals surface area contributed by atoms with Gasteiger partial charge in [0.05, 0.1) is 41.2 Å². The van der Waals surface area contributed by atoms with Crippen LogP contribution in [0.5, 0.6) is 34.5 Å². The molecule has 3 aromatic rings. The summed E-state index contributed by atoms with van der Waals surface area (Å²) in [5.41, 5.74) is 2.32. The number of hydrogen-bond donors (Lipinski definition) is 2. The summed E-state index contributed by atoms with van der Waals surface area (Å²) < 4.78 is 26.6. The molecular weight excluding hydrogens is 462 g/mol. The summed E-state index contributed by atoms with van der Waals surface area (Å²) in [6.07, 6.45) is 6.58. The molecule has 0 atom stereocenters. The number of phenolic OH excluding ortho intramolecular Hbond substituents is 1. The second-order valence-corrected chi connectivity index (χ2v) is 7.47. The molecule has 3 rings (SSSR count). The summed E-state index contributed by atoms with van der Waals surface area (Å²) in [5.74, 6) is 1.79. The highest BCUT2D eigenvalue weighted by Crippen LogP contribution is 2.40. The fraction of sp³-hybridized carbons (Fsp3) is 0.179. The zero-order chi connectivity index (χ0) is 26.1. The van der Waals surface area contributed by atoms with Crippen LogP contribution in [-0.4, -0.2) is 46.6 Å². The van der Waals surface area contributed by atoms with Gasteiger partial charge in [0.25, 0.3) is 0 Å². The molecular formula is C28H29NO7. The summed E-state index contributed by atoms with van der Waals surface area (Å²) in [4.78, 5) is 12.7. The lowest BCUT2D eigenvalue weighted by Crippen LogP contribution is -2.09. The Morgan fingerprint density at radius 3 is 2.06 bits per heavy atom. The molecule has 188 valence electrons. The predicted octanol–water partition coefficient (Wildman–Crippen LogP) is 5.26. The molecule has 0 saturated heterocycles. The van der Waals surface area contributed by atoms with Crippen LogP contribution >= 0.6 is 0 Å². The van der Waals surface area contributed by atoms with Crippen molar-refractivity contribution >= 4 is 29.8 Å². The molecule has 0 aliphatic heterocycles. The van der Waals surface area contributed by atoms with Crippen molar-refractivity contribution in [3.63, 3.8) is 0 Å². The second kappa shape index (κ2) is 12.2. The summed E-state index contributed by atoms with van der Waals surface area (Å²) >= 11 is 0. The van der Waals surface area contributed by atoms with E-state index in [1.54, 1.807) is 69.9 Å². The molecule has 3 aromatic carbocycles. The highest BCUT2D eigenvalue weighted by molar-refractivity contribution is 6.04. The summed E-state index contributed by atoms with van der Waals surface area (Å²) in [6.45, 7) is 0. The zero-order valence-electron chi connectivity index (χ0n) is 20.8. The van der Waals surface area contributed by atoms with Crippen LogP contribution in [0.15, 0.2) is 54.6 Å². The number of ether oxygens (including phenoxy) is 5. The van der Waals surface area contributed by atoms with E-state index in [0.717, 1.165) is 11.1 Å². The van der Waals surface area contributed by atoms with Gasteiger partial charge < -0.3 is 34.1 Å². The molecule has 2 N–H and O–H groups in total. The molecule has 36 heavy (non-hydrogen) atoms. The smallest absolute Gasteiger partial charge is 0.248 e. The molecule has 0 bridgehead atoms. The lowest BCUT2D eigenvalue weighted by molar-refractivity contribution is -0.111. The van der Waals surface area contributed by atoms with Gasteiger partial charge in [0.15, 0.2) is 23.0 Å². The normalized spacial score (nSPS) is 10.9. The average Bonchev–Trinajstić information content (AvgIpc) is 2.91. The maximum atomic E-state index is 12.7. The van der Waals surface area contributed by atoms with E-state index < -0.39 is 5.91 Å². The Labute approximate surface area is 210 Å². The Kier molecular flexibility index (Phi) is 8.83. The van der Waals surface area contributed by atoms with Crippen LogP contribution in [0.4, 0.5) is 5.69 Å². The molecule has 8 heteroatoms. The number of carbonyl (C=O) groups is 1. The number of benzene rings is 3. The van der Waals surface area contributed by atoms with Crippen LogP contribution < -0.4 is 29.0 Å². The van der Waals surface area contributed by atoms with E-state index in [1.807, 2.05) is 18.2 Å². The molecule has 0 heterocycles. The number of methoxy groups -OCH3 is 5. The van der Waals surface area contributed by atoms with Gasteiger partial charge in [0, 0.05) is 11.6 Å². The van der Waals surface area contributed by atoms with E-state index in [9.17, 15) is 9.90 Å². The van der Waals surface area contributed by atoms with Crippen molar-refractivity contribution in [3.05, 3.63) is 71.3 Å². The largest absolute Gasteiger partial charge is 0.503 e. The third-order valence-electron chi connectivity index (χ3n) is 5.30. The lowest BCUT2D eigenvalue weighted by Gasteiger charge is -2.14. The van der Waals surface area contributed by atoms with E-state index in [4.69, 9.17) is 23.7 Å². The number of nitrogens with one attached hydrogen (secondary N) is 1. The molecule has 0 saturated carbocycles. The minimum absolute atomic E-state index is 0.187. The first kappa shape index (κ1) is 26.0. The van der Waals surface area contributed by atoms with Crippen molar-refractivity contribution in [1.82, 2.24) is 0 Å². The van der Waals surface area contributed by atoms with Gasteiger partial charge in [-0.15, -0.1) is 0 Å². The van der Waals surface area contributed by atoms with E-state index in [0.29, 0.717) is 28.6 Å². The van der Waals surface area contributed by atoms with Gasteiger partial charge in [-0.1, -0.05) is 24.3 Å². The van der Waals surface area contributed by atoms with Crippen molar-refractivity contribution in [3.8, 4) is 34.5 Å². The molecule has 0 aliphatic carbocycles. The van der Waals surface area contributed by atoms with Gasteiger partial charge >= 0.3 is 0 Å². The van der Waals surface area contributed by atoms with Crippen LogP contribution in [0, 0.1) is 0 Å². The van der Waals surface area contributed by atoms with Gasteiger partial charge in [-0.25, -0.2) is 0 Å². The number of aromatic hydroxyl groups is 1. The van der Waals surface area contributed by atoms with Crippen LogP contribution in [0.25, 0.3) is 18.2 Å². The highest BCUT2D eigenvalue weighted by Gasteiger charge is 2.15. The standard InChI is InChI=1S/C28H29NO7/c1-32-21-8-6-7-18(15-21)10-14-25(30)29-26-20(12-13-22(33-2)27(26)31)11-9-19-16-23(34-3)28(36-5)24(17-19)35-4/h6-17,31H,1-5H3,(H,29,30)/b11-9+,14-10+. The molecule has 0 fully saturated rings. The Balaban J connectivity index is 1.92. The van der Waals surface area contributed by atoms with Gasteiger partial charge in [-0.05, 0) is 53.6 Å². The summed E-state index contributed by atoms with van der Waals surface area (Å²) in [5, 5.41) is 13.5. The number of rotatable bonds is 10. The maximum absolute atomic E-state index is 12.7. The number of amides is 1. The van der Waals surface area contributed by atoms with Crippen LogP contribution in [0.2, 0.25) is 0 Å². The molecule has 0 unspecified atom stereocenters. The first-order valence-corrected chi connectivity index (χ1v) is 10.9. The average molecular weight is 492 g/mol.